The predicted molar refractivity (Wildman–Crippen MR) is 107 cm³/mol. The van der Waals surface area contributed by atoms with E-state index < -0.39 is 15.9 Å². The summed E-state index contributed by atoms with van der Waals surface area (Å²) >= 11 is 5.95. The lowest BCUT2D eigenvalue weighted by molar-refractivity contribution is -0.159. The van der Waals surface area contributed by atoms with E-state index in [1.165, 1.54) is 13.1 Å². The minimum atomic E-state index is -4.01. The van der Waals surface area contributed by atoms with Gasteiger partial charge in [-0.15, -0.1) is 0 Å². The summed E-state index contributed by atoms with van der Waals surface area (Å²) in [6.07, 6.45) is 0.0751. The number of nitrogens with zero attached hydrogens (tertiary/aromatic N) is 2. The molecule has 8 nitrogen and oxygen atoms in total. The highest BCUT2D eigenvalue weighted by Crippen LogP contribution is 2.36. The van der Waals surface area contributed by atoms with Gasteiger partial charge < -0.3 is 4.42 Å². The summed E-state index contributed by atoms with van der Waals surface area (Å²) in [5, 5.41) is 15.6. The van der Waals surface area contributed by atoms with Crippen molar-refractivity contribution >= 4 is 27.5 Å². The standard InChI is InChI=1S/C19H18ClN3O5S/c1-23(25)17(24)11-10-16-22-18(14-4-2-3-5-15(14)29(21,26)27)19(28-16)12-6-8-13(20)9-7-12/h2-9,25H,10-11H2,1H3,(H2,21,26,27). The Labute approximate surface area is 172 Å². The fraction of sp³-hybridized carbons (Fsp3) is 0.158. The molecule has 3 rings (SSSR count). The Kier molecular flexibility index (Phi) is 6.04. The maximum absolute atomic E-state index is 12.0. The molecular weight excluding hydrogens is 418 g/mol. The van der Waals surface area contributed by atoms with Gasteiger partial charge in [0, 0.05) is 36.0 Å². The van der Waals surface area contributed by atoms with Gasteiger partial charge in [-0.3, -0.25) is 10.0 Å². The van der Waals surface area contributed by atoms with Crippen LogP contribution in [0.3, 0.4) is 0 Å². The summed E-state index contributed by atoms with van der Waals surface area (Å²) in [7, 11) is -2.78. The van der Waals surface area contributed by atoms with Gasteiger partial charge in [0.25, 0.3) is 0 Å². The van der Waals surface area contributed by atoms with Gasteiger partial charge in [-0.05, 0) is 30.3 Å². The minimum Gasteiger partial charge on any atom is -0.440 e. The molecule has 0 radical (unpaired) electrons. The van der Waals surface area contributed by atoms with E-state index in [9.17, 15) is 18.4 Å². The molecule has 0 saturated heterocycles. The van der Waals surface area contributed by atoms with Gasteiger partial charge in [-0.1, -0.05) is 29.8 Å². The van der Waals surface area contributed by atoms with Gasteiger partial charge in [0.05, 0.1) is 4.90 Å². The van der Waals surface area contributed by atoms with Crippen molar-refractivity contribution in [1.29, 1.82) is 0 Å². The number of hydrogen-bond donors (Lipinski definition) is 2. The van der Waals surface area contributed by atoms with Crippen molar-refractivity contribution in [3.05, 3.63) is 59.4 Å². The number of amides is 1. The Morgan fingerprint density at radius 1 is 1.21 bits per heavy atom. The van der Waals surface area contributed by atoms with Gasteiger partial charge in [0.2, 0.25) is 15.9 Å². The highest BCUT2D eigenvalue weighted by molar-refractivity contribution is 7.89. The van der Waals surface area contributed by atoms with E-state index in [-0.39, 0.29) is 34.9 Å². The quantitative estimate of drug-likeness (QED) is 0.452. The van der Waals surface area contributed by atoms with Crippen LogP contribution in [0.15, 0.2) is 57.8 Å². The number of halogens is 1. The van der Waals surface area contributed by atoms with Crippen LogP contribution < -0.4 is 5.14 Å². The number of primary sulfonamides is 1. The van der Waals surface area contributed by atoms with Crippen molar-refractivity contribution in [2.24, 2.45) is 5.14 Å². The van der Waals surface area contributed by atoms with Crippen molar-refractivity contribution in [2.45, 2.75) is 17.7 Å². The second-order valence-electron chi connectivity index (χ2n) is 6.25. The molecule has 0 bridgehead atoms. The Hall–Kier alpha value is -2.72. The van der Waals surface area contributed by atoms with Crippen LogP contribution in [0.2, 0.25) is 5.02 Å². The maximum Gasteiger partial charge on any atom is 0.246 e. The Bertz CT molecular complexity index is 1140. The fourth-order valence-electron chi connectivity index (χ4n) is 2.74. The Morgan fingerprint density at radius 3 is 2.48 bits per heavy atom. The minimum absolute atomic E-state index is 0.0379. The zero-order chi connectivity index (χ0) is 21.2. The van der Waals surface area contributed by atoms with Crippen LogP contribution >= 0.6 is 11.6 Å². The average Bonchev–Trinajstić information content (AvgIpc) is 3.10. The van der Waals surface area contributed by atoms with Crippen LogP contribution in [0.5, 0.6) is 0 Å². The lowest BCUT2D eigenvalue weighted by atomic mass is 10.1. The van der Waals surface area contributed by atoms with Crippen molar-refractivity contribution in [2.75, 3.05) is 7.05 Å². The van der Waals surface area contributed by atoms with Crippen LogP contribution in [0, 0.1) is 0 Å². The summed E-state index contributed by atoms with van der Waals surface area (Å²) in [4.78, 5) is 16.0. The first kappa shape index (κ1) is 21.0. The molecule has 0 saturated carbocycles. The van der Waals surface area contributed by atoms with Crippen LogP contribution in [0.25, 0.3) is 22.6 Å². The molecule has 3 N–H and O–H groups in total. The number of carbonyl (C=O) groups excluding carboxylic acids is 1. The van der Waals surface area contributed by atoms with Gasteiger partial charge in [-0.2, -0.15) is 0 Å². The molecule has 0 aliphatic carbocycles. The van der Waals surface area contributed by atoms with E-state index in [1.807, 2.05) is 0 Å². The number of hydroxylamine groups is 2. The molecule has 152 valence electrons. The summed E-state index contributed by atoms with van der Waals surface area (Å²) in [6, 6.07) is 12.9. The Morgan fingerprint density at radius 2 is 1.86 bits per heavy atom. The first-order valence-corrected chi connectivity index (χ1v) is 10.4. The average molecular weight is 436 g/mol. The van der Waals surface area contributed by atoms with Gasteiger partial charge >= 0.3 is 0 Å². The Balaban J connectivity index is 2.13. The summed E-state index contributed by atoms with van der Waals surface area (Å²) < 4.78 is 29.9. The fourth-order valence-corrected chi connectivity index (χ4v) is 3.60. The number of nitrogens with two attached hydrogens (primary N) is 1. The molecule has 1 aromatic heterocycles. The molecule has 0 aliphatic heterocycles. The molecule has 10 heteroatoms. The van der Waals surface area contributed by atoms with Crippen molar-refractivity contribution < 1.29 is 22.8 Å². The smallest absolute Gasteiger partial charge is 0.246 e. The van der Waals surface area contributed by atoms with Crippen LogP contribution in [0.1, 0.15) is 12.3 Å². The zero-order valence-corrected chi connectivity index (χ0v) is 16.9. The summed E-state index contributed by atoms with van der Waals surface area (Å²) in [6.45, 7) is 0. The molecule has 0 spiro atoms. The van der Waals surface area contributed by atoms with E-state index in [4.69, 9.17) is 21.2 Å². The number of oxazole rings is 1. The number of sulfonamides is 1. The number of benzene rings is 2. The highest BCUT2D eigenvalue weighted by atomic mass is 35.5. The highest BCUT2D eigenvalue weighted by Gasteiger charge is 2.23. The second-order valence-corrected chi connectivity index (χ2v) is 8.22. The molecule has 2 aromatic carbocycles. The number of hydrogen-bond acceptors (Lipinski definition) is 6. The van der Waals surface area contributed by atoms with E-state index in [0.29, 0.717) is 21.4 Å². The SMILES string of the molecule is CN(O)C(=O)CCc1nc(-c2ccccc2S(N)(=O)=O)c(-c2ccc(Cl)cc2)o1. The van der Waals surface area contributed by atoms with Crippen LogP contribution in [-0.2, 0) is 21.2 Å². The molecule has 1 heterocycles. The van der Waals surface area contributed by atoms with Crippen LogP contribution in [0.4, 0.5) is 0 Å². The number of aryl methyl sites for hydroxylation is 1. The van der Waals surface area contributed by atoms with E-state index in [1.54, 1.807) is 42.5 Å². The monoisotopic (exact) mass is 435 g/mol. The van der Waals surface area contributed by atoms with E-state index >= 15 is 0 Å². The zero-order valence-electron chi connectivity index (χ0n) is 15.4. The molecule has 0 unspecified atom stereocenters. The van der Waals surface area contributed by atoms with E-state index in [2.05, 4.69) is 4.98 Å². The lowest BCUT2D eigenvalue weighted by Gasteiger charge is -2.07. The lowest BCUT2D eigenvalue weighted by Crippen LogP contribution is -2.22. The molecule has 3 aromatic rings. The topological polar surface area (TPSA) is 127 Å². The molecule has 0 atom stereocenters. The van der Waals surface area contributed by atoms with E-state index in [0.717, 1.165) is 0 Å². The third-order valence-electron chi connectivity index (χ3n) is 4.14. The summed E-state index contributed by atoms with van der Waals surface area (Å²) in [5.74, 6) is 0.0182. The van der Waals surface area contributed by atoms with Crippen molar-refractivity contribution in [1.82, 2.24) is 10.0 Å². The molecular formula is C19H18ClN3O5S. The first-order valence-electron chi connectivity index (χ1n) is 8.50. The molecule has 0 fully saturated rings. The second kappa shape index (κ2) is 8.34. The summed E-state index contributed by atoms with van der Waals surface area (Å²) in [5.41, 5.74) is 1.18. The van der Waals surface area contributed by atoms with Gasteiger partial charge in [0.15, 0.2) is 11.7 Å². The van der Waals surface area contributed by atoms with Crippen molar-refractivity contribution in [3.8, 4) is 22.6 Å². The first-order chi connectivity index (χ1) is 13.7. The van der Waals surface area contributed by atoms with Gasteiger partial charge in [0.1, 0.15) is 5.69 Å². The predicted octanol–water partition coefficient (Wildman–Crippen LogP) is 3.09. The number of carbonyl (C=O) groups is 1. The third-order valence-corrected chi connectivity index (χ3v) is 5.36. The molecule has 29 heavy (non-hydrogen) atoms. The van der Waals surface area contributed by atoms with Crippen molar-refractivity contribution in [3.63, 3.8) is 0 Å². The number of rotatable bonds is 6. The van der Waals surface area contributed by atoms with Gasteiger partial charge in [-0.25, -0.2) is 23.6 Å². The van der Waals surface area contributed by atoms with Crippen LogP contribution in [-0.4, -0.2) is 36.6 Å². The molecule has 0 aliphatic rings. The normalized spacial score (nSPS) is 11.4. The maximum atomic E-state index is 12.0. The number of aromatic nitrogens is 1. The molecule has 1 amide bonds. The third kappa shape index (κ3) is 4.83. The largest absolute Gasteiger partial charge is 0.440 e.